The minimum absolute atomic E-state index is 0.132. The summed E-state index contributed by atoms with van der Waals surface area (Å²) in [5, 5.41) is 3.78. The lowest BCUT2D eigenvalue weighted by Gasteiger charge is -2.24. The monoisotopic (exact) mass is 247 g/mol. The Bertz CT molecular complexity index is 469. The maximum atomic E-state index is 5.75. The molecule has 0 aromatic carbocycles. The number of hydrogen-bond donors (Lipinski definition) is 1. The lowest BCUT2D eigenvalue weighted by Crippen LogP contribution is -2.25. The summed E-state index contributed by atoms with van der Waals surface area (Å²) in [5.41, 5.74) is 7.11. The summed E-state index contributed by atoms with van der Waals surface area (Å²) in [5.74, 6) is 0.921. The zero-order valence-corrected chi connectivity index (χ0v) is 11.4. The summed E-state index contributed by atoms with van der Waals surface area (Å²) in [6.45, 7) is 13.8. The minimum Gasteiger partial charge on any atom is -0.380 e. The molecule has 0 amide bonds. The molecule has 1 heterocycles. The van der Waals surface area contributed by atoms with Gasteiger partial charge in [-0.2, -0.15) is 0 Å². The van der Waals surface area contributed by atoms with Crippen LogP contribution in [0.1, 0.15) is 44.9 Å². The molecule has 4 nitrogen and oxygen atoms in total. The highest BCUT2D eigenvalue weighted by atomic mass is 16.5. The van der Waals surface area contributed by atoms with Gasteiger partial charge in [-0.1, -0.05) is 51.6 Å². The number of nitrogen functional groups attached to an aromatic ring is 1. The number of aliphatic imine (C=N–C) groups is 1. The van der Waals surface area contributed by atoms with Crippen LogP contribution in [0, 0.1) is 5.41 Å². The molecule has 0 unspecified atom stereocenters. The summed E-state index contributed by atoms with van der Waals surface area (Å²) in [6, 6.07) is 0. The van der Waals surface area contributed by atoms with Gasteiger partial charge in [-0.25, -0.2) is 0 Å². The number of rotatable bonds is 6. The molecule has 1 aromatic rings. The molecule has 1 rings (SSSR count). The minimum atomic E-state index is -0.132. The highest BCUT2D eigenvalue weighted by Gasteiger charge is 2.30. The van der Waals surface area contributed by atoms with E-state index in [1.807, 2.05) is 0 Å². The highest BCUT2D eigenvalue weighted by molar-refractivity contribution is 6.05. The van der Waals surface area contributed by atoms with Crippen LogP contribution >= 0.6 is 0 Å². The Morgan fingerprint density at radius 2 is 2.17 bits per heavy atom. The molecule has 0 spiro atoms. The third-order valence-corrected chi connectivity index (χ3v) is 2.91. The van der Waals surface area contributed by atoms with Crippen molar-refractivity contribution in [2.45, 2.75) is 33.6 Å². The number of hydrogen-bond acceptors (Lipinski definition) is 4. The Balaban J connectivity index is 3.33. The van der Waals surface area contributed by atoms with Crippen LogP contribution in [0.2, 0.25) is 0 Å². The lowest BCUT2D eigenvalue weighted by molar-refractivity contribution is 0.397. The first kappa shape index (κ1) is 14.2. The maximum absolute atomic E-state index is 5.75. The molecule has 0 fully saturated rings. The van der Waals surface area contributed by atoms with Gasteiger partial charge >= 0.3 is 0 Å². The molecular weight excluding hydrogens is 226 g/mol. The topological polar surface area (TPSA) is 64.4 Å². The van der Waals surface area contributed by atoms with Crippen molar-refractivity contribution in [2.75, 3.05) is 5.73 Å². The van der Waals surface area contributed by atoms with Crippen LogP contribution in [-0.2, 0) is 0 Å². The first-order valence-electron chi connectivity index (χ1n) is 6.05. The molecule has 4 heteroatoms. The van der Waals surface area contributed by atoms with E-state index in [4.69, 9.17) is 10.3 Å². The molecule has 0 aliphatic heterocycles. The standard InChI is InChI=1S/C14H21N3O/c1-6-9-14(4,5)12(16-8-3)11-10(7-2)13(15)17-18-11/h7-8H,2-3,6,9H2,1,4-5H3,(H2,15,17)/b16-12+. The van der Waals surface area contributed by atoms with E-state index in [2.05, 4.69) is 44.1 Å². The van der Waals surface area contributed by atoms with Crippen molar-refractivity contribution < 1.29 is 4.52 Å². The van der Waals surface area contributed by atoms with E-state index in [9.17, 15) is 0 Å². The summed E-state index contributed by atoms with van der Waals surface area (Å²) in [4.78, 5) is 4.35. The van der Waals surface area contributed by atoms with Crippen molar-refractivity contribution in [3.63, 3.8) is 0 Å². The Morgan fingerprint density at radius 1 is 1.50 bits per heavy atom. The zero-order valence-electron chi connectivity index (χ0n) is 11.4. The first-order chi connectivity index (χ1) is 8.47. The second kappa shape index (κ2) is 5.67. The van der Waals surface area contributed by atoms with E-state index >= 15 is 0 Å². The molecule has 0 bridgehead atoms. The van der Waals surface area contributed by atoms with Crippen molar-refractivity contribution in [1.29, 1.82) is 0 Å². The third kappa shape index (κ3) is 2.70. The fraction of sp³-hybridized carbons (Fsp3) is 0.429. The summed E-state index contributed by atoms with van der Waals surface area (Å²) in [6.07, 6.45) is 5.19. The summed E-state index contributed by atoms with van der Waals surface area (Å²) < 4.78 is 5.31. The van der Waals surface area contributed by atoms with Crippen molar-refractivity contribution in [3.05, 3.63) is 30.7 Å². The van der Waals surface area contributed by atoms with E-state index in [0.717, 1.165) is 18.6 Å². The van der Waals surface area contributed by atoms with Crippen LogP contribution in [0.5, 0.6) is 0 Å². The normalized spacial score (nSPS) is 12.5. The number of nitrogens with zero attached hydrogens (tertiary/aromatic N) is 2. The van der Waals surface area contributed by atoms with Gasteiger partial charge in [0.25, 0.3) is 0 Å². The van der Waals surface area contributed by atoms with Crippen molar-refractivity contribution in [2.24, 2.45) is 10.4 Å². The van der Waals surface area contributed by atoms with Gasteiger partial charge in [-0.15, -0.1) is 0 Å². The van der Waals surface area contributed by atoms with Gasteiger partial charge in [0.1, 0.15) is 0 Å². The molecule has 1 aromatic heterocycles. The van der Waals surface area contributed by atoms with Gasteiger partial charge < -0.3 is 10.3 Å². The maximum Gasteiger partial charge on any atom is 0.191 e. The van der Waals surface area contributed by atoms with Crippen molar-refractivity contribution >= 4 is 17.6 Å². The average molecular weight is 247 g/mol. The SMILES string of the molecule is C=C/N=C(\c1onc(N)c1C=C)C(C)(C)CCC. The van der Waals surface area contributed by atoms with Crippen LogP contribution in [-0.4, -0.2) is 10.9 Å². The van der Waals surface area contributed by atoms with Gasteiger partial charge in [0.2, 0.25) is 0 Å². The Hall–Kier alpha value is -1.84. The van der Waals surface area contributed by atoms with Crippen LogP contribution in [0.3, 0.4) is 0 Å². The van der Waals surface area contributed by atoms with Gasteiger partial charge in [-0.05, 0) is 6.42 Å². The molecule has 0 saturated heterocycles. The van der Waals surface area contributed by atoms with E-state index in [0.29, 0.717) is 17.1 Å². The number of aromatic nitrogens is 1. The number of nitrogens with two attached hydrogens (primary N) is 1. The van der Waals surface area contributed by atoms with Crippen molar-refractivity contribution in [1.82, 2.24) is 5.16 Å². The van der Waals surface area contributed by atoms with Gasteiger partial charge in [0.05, 0.1) is 11.3 Å². The average Bonchev–Trinajstić information content (AvgIpc) is 2.66. The fourth-order valence-corrected chi connectivity index (χ4v) is 2.05. The second-order valence-corrected chi connectivity index (χ2v) is 4.81. The van der Waals surface area contributed by atoms with Gasteiger partial charge in [-0.3, -0.25) is 4.99 Å². The van der Waals surface area contributed by atoms with Gasteiger partial charge in [0, 0.05) is 11.6 Å². The van der Waals surface area contributed by atoms with Gasteiger partial charge in [0.15, 0.2) is 11.6 Å². The molecule has 0 radical (unpaired) electrons. The molecule has 0 atom stereocenters. The lowest BCUT2D eigenvalue weighted by atomic mass is 9.81. The smallest absolute Gasteiger partial charge is 0.191 e. The molecule has 0 saturated carbocycles. The van der Waals surface area contributed by atoms with E-state index in [1.165, 1.54) is 6.20 Å². The second-order valence-electron chi connectivity index (χ2n) is 4.81. The Labute approximate surface area is 108 Å². The zero-order chi connectivity index (χ0) is 13.8. The molecule has 2 N–H and O–H groups in total. The Morgan fingerprint density at radius 3 is 2.67 bits per heavy atom. The van der Waals surface area contributed by atoms with Crippen LogP contribution in [0.15, 0.2) is 28.9 Å². The largest absolute Gasteiger partial charge is 0.380 e. The van der Waals surface area contributed by atoms with Crippen LogP contribution < -0.4 is 5.73 Å². The molecule has 18 heavy (non-hydrogen) atoms. The first-order valence-corrected chi connectivity index (χ1v) is 6.05. The number of anilines is 1. The third-order valence-electron chi connectivity index (χ3n) is 2.91. The molecule has 98 valence electrons. The van der Waals surface area contributed by atoms with E-state index in [1.54, 1.807) is 6.08 Å². The Kier molecular flexibility index (Phi) is 4.48. The fourth-order valence-electron chi connectivity index (χ4n) is 2.05. The molecular formula is C14H21N3O. The summed E-state index contributed by atoms with van der Waals surface area (Å²) in [7, 11) is 0. The quantitative estimate of drug-likeness (QED) is 0.780. The predicted molar refractivity (Wildman–Crippen MR) is 76.4 cm³/mol. The highest BCUT2D eigenvalue weighted by Crippen LogP contribution is 2.31. The summed E-state index contributed by atoms with van der Waals surface area (Å²) >= 11 is 0. The van der Waals surface area contributed by atoms with Crippen LogP contribution in [0.25, 0.3) is 6.08 Å². The molecule has 0 aliphatic rings. The van der Waals surface area contributed by atoms with Crippen LogP contribution in [0.4, 0.5) is 5.82 Å². The predicted octanol–water partition coefficient (Wildman–Crippen LogP) is 3.66. The molecule has 0 aliphatic carbocycles. The van der Waals surface area contributed by atoms with Crippen molar-refractivity contribution in [3.8, 4) is 0 Å². The van der Waals surface area contributed by atoms with E-state index < -0.39 is 0 Å². The van der Waals surface area contributed by atoms with E-state index in [-0.39, 0.29) is 5.41 Å².